The SMILES string of the molecule is Cc1cc(N2CCCc3nc(C4(C(=O)Cc5ccc(F)cc5)CC(F)(F)C4)ccc32)ncn1. The van der Waals surface area contributed by atoms with E-state index in [1.54, 1.807) is 6.07 Å². The Kier molecular flexibility index (Phi) is 5.18. The molecule has 33 heavy (non-hydrogen) atoms. The van der Waals surface area contributed by atoms with Crippen LogP contribution in [0.3, 0.4) is 0 Å². The van der Waals surface area contributed by atoms with Gasteiger partial charge in [-0.25, -0.2) is 23.1 Å². The molecule has 0 saturated heterocycles. The molecule has 0 atom stereocenters. The topological polar surface area (TPSA) is 59.0 Å². The van der Waals surface area contributed by atoms with Gasteiger partial charge in [0, 0.05) is 37.6 Å². The van der Waals surface area contributed by atoms with Crippen molar-refractivity contribution in [3.63, 3.8) is 0 Å². The van der Waals surface area contributed by atoms with E-state index in [4.69, 9.17) is 4.98 Å². The highest BCUT2D eigenvalue weighted by Crippen LogP contribution is 2.54. The van der Waals surface area contributed by atoms with Crippen molar-refractivity contribution in [2.45, 2.75) is 50.4 Å². The summed E-state index contributed by atoms with van der Waals surface area (Å²) in [6.45, 7) is 2.65. The van der Waals surface area contributed by atoms with Crippen LogP contribution in [-0.2, 0) is 23.1 Å². The minimum atomic E-state index is -2.90. The van der Waals surface area contributed by atoms with E-state index >= 15 is 0 Å². The lowest BCUT2D eigenvalue weighted by Gasteiger charge is -2.46. The first-order valence-electron chi connectivity index (χ1n) is 11.0. The lowest BCUT2D eigenvalue weighted by Crippen LogP contribution is -2.55. The van der Waals surface area contributed by atoms with Crippen LogP contribution in [0, 0.1) is 12.7 Å². The molecule has 1 aliphatic carbocycles. The monoisotopic (exact) mass is 452 g/mol. The molecule has 170 valence electrons. The molecule has 8 heteroatoms. The van der Waals surface area contributed by atoms with Crippen LogP contribution in [0.5, 0.6) is 0 Å². The van der Waals surface area contributed by atoms with E-state index in [0.717, 1.165) is 35.9 Å². The van der Waals surface area contributed by atoms with Gasteiger partial charge in [0.25, 0.3) is 5.92 Å². The molecule has 1 saturated carbocycles. The maximum Gasteiger partial charge on any atom is 0.250 e. The molecule has 1 fully saturated rings. The smallest absolute Gasteiger partial charge is 0.250 e. The number of alkyl halides is 2. The number of carbonyl (C=O) groups excluding carboxylic acids is 1. The standard InChI is InChI=1S/C25H23F3N4O/c1-16-11-23(30-15-29-16)32-10-2-3-19-20(32)8-9-21(31-19)24(13-25(27,28)14-24)22(33)12-17-4-6-18(26)7-5-17/h4-9,11,15H,2-3,10,12-14H2,1H3. The normalized spacial score (nSPS) is 18.4. The summed E-state index contributed by atoms with van der Waals surface area (Å²) in [5, 5.41) is 0. The Hall–Kier alpha value is -3.29. The van der Waals surface area contributed by atoms with Crippen molar-refractivity contribution in [3.05, 3.63) is 77.3 Å². The summed E-state index contributed by atoms with van der Waals surface area (Å²) in [7, 11) is 0. The summed E-state index contributed by atoms with van der Waals surface area (Å²) in [5.41, 5.74) is 2.15. The van der Waals surface area contributed by atoms with Crippen molar-refractivity contribution in [2.75, 3.05) is 11.4 Å². The third-order valence-corrected chi connectivity index (χ3v) is 6.52. The number of ketones is 1. The van der Waals surface area contributed by atoms with Crippen LogP contribution in [-0.4, -0.2) is 33.2 Å². The Morgan fingerprint density at radius 3 is 2.55 bits per heavy atom. The summed E-state index contributed by atoms with van der Waals surface area (Å²) in [4.78, 5) is 28.6. The summed E-state index contributed by atoms with van der Waals surface area (Å²) >= 11 is 0. The molecule has 1 aromatic carbocycles. The minimum Gasteiger partial charge on any atom is -0.325 e. The van der Waals surface area contributed by atoms with Gasteiger partial charge in [-0.05, 0) is 49.6 Å². The summed E-state index contributed by atoms with van der Waals surface area (Å²) in [6.07, 6.45) is 1.89. The zero-order chi connectivity index (χ0) is 23.2. The van der Waals surface area contributed by atoms with Crippen molar-refractivity contribution in [3.8, 4) is 0 Å². The van der Waals surface area contributed by atoms with Crippen LogP contribution in [0.25, 0.3) is 0 Å². The molecule has 0 N–H and O–H groups in total. The predicted molar refractivity (Wildman–Crippen MR) is 117 cm³/mol. The number of nitrogens with zero attached hydrogens (tertiary/aromatic N) is 4. The van der Waals surface area contributed by atoms with Crippen molar-refractivity contribution in [1.82, 2.24) is 15.0 Å². The number of hydrogen-bond acceptors (Lipinski definition) is 5. The van der Waals surface area contributed by atoms with E-state index in [1.807, 2.05) is 24.0 Å². The molecule has 3 heterocycles. The number of rotatable bonds is 5. The van der Waals surface area contributed by atoms with E-state index in [0.29, 0.717) is 17.7 Å². The number of hydrogen-bond donors (Lipinski definition) is 0. The quantitative estimate of drug-likeness (QED) is 0.552. The third-order valence-electron chi connectivity index (χ3n) is 6.52. The molecule has 1 aliphatic heterocycles. The lowest BCUT2D eigenvalue weighted by atomic mass is 9.60. The van der Waals surface area contributed by atoms with Gasteiger partial charge in [0.1, 0.15) is 23.7 Å². The second-order valence-corrected chi connectivity index (χ2v) is 8.95. The van der Waals surface area contributed by atoms with E-state index in [2.05, 4.69) is 9.97 Å². The fourth-order valence-electron chi connectivity index (χ4n) is 4.85. The largest absolute Gasteiger partial charge is 0.325 e. The molecule has 0 bridgehead atoms. The van der Waals surface area contributed by atoms with Gasteiger partial charge in [0.05, 0.1) is 22.5 Å². The van der Waals surface area contributed by atoms with Gasteiger partial charge >= 0.3 is 0 Å². The van der Waals surface area contributed by atoms with Crippen LogP contribution < -0.4 is 4.90 Å². The first-order valence-corrected chi connectivity index (χ1v) is 11.0. The van der Waals surface area contributed by atoms with Crippen molar-refractivity contribution in [1.29, 1.82) is 0 Å². The molecule has 2 aromatic heterocycles. The van der Waals surface area contributed by atoms with E-state index in [-0.39, 0.29) is 12.2 Å². The average Bonchev–Trinajstić information content (AvgIpc) is 2.78. The zero-order valence-electron chi connectivity index (χ0n) is 18.2. The molecule has 0 amide bonds. The lowest BCUT2D eigenvalue weighted by molar-refractivity contribution is -0.157. The number of Topliss-reactive ketones (excluding diaryl/α,β-unsaturated/α-hetero) is 1. The van der Waals surface area contributed by atoms with Gasteiger partial charge < -0.3 is 4.90 Å². The number of aryl methyl sites for hydroxylation is 2. The zero-order valence-corrected chi connectivity index (χ0v) is 18.2. The Morgan fingerprint density at radius 2 is 1.85 bits per heavy atom. The van der Waals surface area contributed by atoms with Gasteiger partial charge in [-0.2, -0.15) is 0 Å². The molecule has 0 spiro atoms. The Balaban J connectivity index is 1.48. The molecule has 0 radical (unpaired) electrons. The van der Waals surface area contributed by atoms with Crippen molar-refractivity contribution in [2.24, 2.45) is 0 Å². The predicted octanol–water partition coefficient (Wildman–Crippen LogP) is 4.88. The Morgan fingerprint density at radius 1 is 1.09 bits per heavy atom. The maximum absolute atomic E-state index is 14.1. The molecular formula is C25H23F3N4O. The molecule has 5 rings (SSSR count). The van der Waals surface area contributed by atoms with Crippen LogP contribution in [0.1, 0.15) is 41.9 Å². The fourth-order valence-corrected chi connectivity index (χ4v) is 4.85. The van der Waals surface area contributed by atoms with Crippen LogP contribution in [0.15, 0.2) is 48.8 Å². The fraction of sp³-hybridized carbons (Fsp3) is 0.360. The van der Waals surface area contributed by atoms with E-state index in [1.165, 1.54) is 30.6 Å². The Bertz CT molecular complexity index is 1200. The van der Waals surface area contributed by atoms with Gasteiger partial charge in [0.15, 0.2) is 0 Å². The van der Waals surface area contributed by atoms with Gasteiger partial charge in [-0.15, -0.1) is 0 Å². The number of benzene rings is 1. The second kappa shape index (κ2) is 7.93. The highest BCUT2D eigenvalue weighted by molar-refractivity contribution is 5.93. The number of aromatic nitrogens is 3. The highest BCUT2D eigenvalue weighted by Gasteiger charge is 2.62. The first kappa shape index (κ1) is 21.6. The average molecular weight is 452 g/mol. The van der Waals surface area contributed by atoms with E-state index < -0.39 is 30.0 Å². The number of carbonyl (C=O) groups is 1. The van der Waals surface area contributed by atoms with Crippen LogP contribution >= 0.6 is 0 Å². The van der Waals surface area contributed by atoms with Crippen molar-refractivity contribution < 1.29 is 18.0 Å². The molecule has 2 aliphatic rings. The van der Waals surface area contributed by atoms with Gasteiger partial charge in [-0.3, -0.25) is 9.78 Å². The summed E-state index contributed by atoms with van der Waals surface area (Å²) < 4.78 is 41.4. The van der Waals surface area contributed by atoms with Gasteiger partial charge in [-0.1, -0.05) is 12.1 Å². The van der Waals surface area contributed by atoms with Crippen LogP contribution in [0.2, 0.25) is 0 Å². The first-order chi connectivity index (χ1) is 15.8. The minimum absolute atomic E-state index is 0.0402. The molecule has 0 unspecified atom stereocenters. The molecule has 5 nitrogen and oxygen atoms in total. The number of halogens is 3. The van der Waals surface area contributed by atoms with E-state index in [9.17, 15) is 18.0 Å². The number of pyridine rings is 1. The summed E-state index contributed by atoms with van der Waals surface area (Å²) in [6, 6.07) is 11.0. The Labute approximate surface area is 189 Å². The number of fused-ring (bicyclic) bond motifs is 1. The van der Waals surface area contributed by atoms with Crippen LogP contribution in [0.4, 0.5) is 24.7 Å². The second-order valence-electron chi connectivity index (χ2n) is 8.95. The van der Waals surface area contributed by atoms with Gasteiger partial charge in [0.2, 0.25) is 0 Å². The molecule has 3 aromatic rings. The summed E-state index contributed by atoms with van der Waals surface area (Å²) in [5.74, 6) is -2.86. The third kappa shape index (κ3) is 3.98. The maximum atomic E-state index is 14.1. The number of anilines is 2. The molecular weight excluding hydrogens is 429 g/mol. The van der Waals surface area contributed by atoms with Crippen molar-refractivity contribution >= 4 is 17.3 Å². The highest BCUT2D eigenvalue weighted by atomic mass is 19.3.